The van der Waals surface area contributed by atoms with Gasteiger partial charge in [0.05, 0.1) is 0 Å². The maximum absolute atomic E-state index is 13.0. The predicted octanol–water partition coefficient (Wildman–Crippen LogP) is 4.70. The second-order valence-corrected chi connectivity index (χ2v) is 8.88. The van der Waals surface area contributed by atoms with Gasteiger partial charge in [-0.2, -0.15) is 0 Å². The Labute approximate surface area is 200 Å². The molecule has 3 N–H and O–H groups in total. The van der Waals surface area contributed by atoms with Gasteiger partial charge in [-0.25, -0.2) is 4.79 Å². The molecule has 182 valence electrons. The van der Waals surface area contributed by atoms with Crippen LogP contribution in [0.5, 0.6) is 0 Å². The summed E-state index contributed by atoms with van der Waals surface area (Å²) >= 11 is 0. The average molecular weight is 467 g/mol. The molecule has 2 aromatic carbocycles. The van der Waals surface area contributed by atoms with Gasteiger partial charge in [0.15, 0.2) is 0 Å². The minimum absolute atomic E-state index is 0.0212. The standard InChI is InChI=1S/C27H34N2O5/c1-4-17(3)25(26(32)28-18(5-2)14-15-24(30)31)29-27(33)34-16-23-21-12-8-6-10-19(21)20-11-7-9-13-22(20)23/h6-13,17-18,23,25H,4-5,14-16H2,1-3H3,(H,28,32)(H,29,33)(H,30,31)/t17?,18?,25-/m0/s1. The number of hydrogen-bond acceptors (Lipinski definition) is 4. The summed E-state index contributed by atoms with van der Waals surface area (Å²) in [7, 11) is 0. The molecule has 3 atom stereocenters. The van der Waals surface area contributed by atoms with E-state index in [-0.39, 0.29) is 36.8 Å². The lowest BCUT2D eigenvalue weighted by molar-refractivity contribution is -0.137. The SMILES string of the molecule is CCC(CCC(=O)O)NC(=O)[C@@H](NC(=O)OCC1c2ccccc2-c2ccccc21)C(C)CC. The molecular weight excluding hydrogens is 432 g/mol. The monoisotopic (exact) mass is 466 g/mol. The van der Waals surface area contributed by atoms with Gasteiger partial charge >= 0.3 is 12.1 Å². The van der Waals surface area contributed by atoms with Crippen LogP contribution in [0.25, 0.3) is 11.1 Å². The van der Waals surface area contributed by atoms with Crippen LogP contribution in [0, 0.1) is 5.92 Å². The van der Waals surface area contributed by atoms with E-state index in [4.69, 9.17) is 9.84 Å². The number of carboxylic acid groups (broad SMARTS) is 1. The Morgan fingerprint density at radius 3 is 2.06 bits per heavy atom. The number of ether oxygens (including phenoxy) is 1. The summed E-state index contributed by atoms with van der Waals surface area (Å²) in [4.78, 5) is 36.6. The van der Waals surface area contributed by atoms with Gasteiger partial charge in [-0.05, 0) is 41.0 Å². The molecule has 0 spiro atoms. The minimum Gasteiger partial charge on any atom is -0.481 e. The highest BCUT2D eigenvalue weighted by atomic mass is 16.5. The van der Waals surface area contributed by atoms with E-state index in [1.807, 2.05) is 45.0 Å². The molecule has 2 amide bonds. The van der Waals surface area contributed by atoms with Crippen LogP contribution in [0.15, 0.2) is 48.5 Å². The number of carboxylic acids is 1. The zero-order valence-electron chi connectivity index (χ0n) is 20.0. The van der Waals surface area contributed by atoms with Crippen molar-refractivity contribution in [3.8, 4) is 11.1 Å². The van der Waals surface area contributed by atoms with Crippen molar-refractivity contribution in [2.45, 2.75) is 64.5 Å². The van der Waals surface area contributed by atoms with E-state index in [2.05, 4.69) is 34.9 Å². The van der Waals surface area contributed by atoms with E-state index in [0.29, 0.717) is 19.3 Å². The Morgan fingerprint density at radius 2 is 1.53 bits per heavy atom. The van der Waals surface area contributed by atoms with Crippen LogP contribution in [-0.2, 0) is 14.3 Å². The van der Waals surface area contributed by atoms with Crippen LogP contribution < -0.4 is 10.6 Å². The van der Waals surface area contributed by atoms with E-state index < -0.39 is 18.1 Å². The van der Waals surface area contributed by atoms with Crippen molar-refractivity contribution in [3.05, 3.63) is 59.7 Å². The maximum atomic E-state index is 13.0. The summed E-state index contributed by atoms with van der Waals surface area (Å²) in [5, 5.41) is 14.6. The third-order valence-electron chi connectivity index (χ3n) is 6.66. The van der Waals surface area contributed by atoms with Crippen LogP contribution in [-0.4, -0.2) is 41.8 Å². The number of carbonyl (C=O) groups is 3. The van der Waals surface area contributed by atoms with Gasteiger partial charge in [-0.15, -0.1) is 0 Å². The van der Waals surface area contributed by atoms with Gasteiger partial charge in [0.1, 0.15) is 12.6 Å². The van der Waals surface area contributed by atoms with E-state index in [9.17, 15) is 14.4 Å². The summed E-state index contributed by atoms with van der Waals surface area (Å²) in [5.41, 5.74) is 4.54. The van der Waals surface area contributed by atoms with Crippen LogP contribution >= 0.6 is 0 Å². The smallest absolute Gasteiger partial charge is 0.407 e. The number of fused-ring (bicyclic) bond motifs is 3. The van der Waals surface area contributed by atoms with Gasteiger partial charge in [-0.3, -0.25) is 9.59 Å². The summed E-state index contributed by atoms with van der Waals surface area (Å²) in [5.74, 6) is -1.39. The number of aliphatic carboxylic acids is 1. The lowest BCUT2D eigenvalue weighted by Gasteiger charge is -2.26. The number of rotatable bonds is 11. The summed E-state index contributed by atoms with van der Waals surface area (Å²) < 4.78 is 5.62. The molecule has 0 bridgehead atoms. The number of amides is 2. The van der Waals surface area contributed by atoms with Crippen LogP contribution in [0.2, 0.25) is 0 Å². The van der Waals surface area contributed by atoms with Crippen molar-refractivity contribution in [2.24, 2.45) is 5.92 Å². The van der Waals surface area contributed by atoms with Gasteiger partial charge in [0, 0.05) is 18.4 Å². The number of benzene rings is 2. The number of hydrogen-bond donors (Lipinski definition) is 3. The molecule has 0 aliphatic heterocycles. The first kappa shape index (κ1) is 25.3. The topological polar surface area (TPSA) is 105 Å². The molecule has 34 heavy (non-hydrogen) atoms. The number of nitrogens with one attached hydrogen (secondary N) is 2. The van der Waals surface area contributed by atoms with Crippen LogP contribution in [0.1, 0.15) is 63.5 Å². The molecular formula is C27H34N2O5. The second kappa shape index (κ2) is 11.7. The molecule has 2 aromatic rings. The molecule has 0 aromatic heterocycles. The molecule has 0 heterocycles. The molecule has 2 unspecified atom stereocenters. The normalized spacial score (nSPS) is 14.9. The number of carbonyl (C=O) groups excluding carboxylic acids is 2. The third-order valence-corrected chi connectivity index (χ3v) is 6.66. The third kappa shape index (κ3) is 5.95. The first-order valence-corrected chi connectivity index (χ1v) is 12.0. The lowest BCUT2D eigenvalue weighted by Crippen LogP contribution is -2.52. The fourth-order valence-electron chi connectivity index (χ4n) is 4.44. The molecule has 0 saturated heterocycles. The van der Waals surface area contributed by atoms with Crippen molar-refractivity contribution in [1.82, 2.24) is 10.6 Å². The lowest BCUT2D eigenvalue weighted by atomic mass is 9.97. The van der Waals surface area contributed by atoms with E-state index >= 15 is 0 Å². The van der Waals surface area contributed by atoms with Crippen molar-refractivity contribution in [1.29, 1.82) is 0 Å². The molecule has 0 fully saturated rings. The largest absolute Gasteiger partial charge is 0.481 e. The van der Waals surface area contributed by atoms with Crippen LogP contribution in [0.3, 0.4) is 0 Å². The predicted molar refractivity (Wildman–Crippen MR) is 131 cm³/mol. The highest BCUT2D eigenvalue weighted by molar-refractivity contribution is 5.86. The quantitative estimate of drug-likeness (QED) is 0.445. The van der Waals surface area contributed by atoms with Gasteiger partial charge in [-0.1, -0.05) is 75.7 Å². The van der Waals surface area contributed by atoms with Crippen molar-refractivity contribution >= 4 is 18.0 Å². The zero-order chi connectivity index (χ0) is 24.7. The Hall–Kier alpha value is -3.35. The fraction of sp³-hybridized carbons (Fsp3) is 0.444. The maximum Gasteiger partial charge on any atom is 0.407 e. The molecule has 1 aliphatic carbocycles. The van der Waals surface area contributed by atoms with Gasteiger partial charge in [0.2, 0.25) is 5.91 Å². The fourth-order valence-corrected chi connectivity index (χ4v) is 4.44. The summed E-state index contributed by atoms with van der Waals surface area (Å²) in [6.07, 6.45) is 0.980. The van der Waals surface area contributed by atoms with E-state index in [1.165, 1.54) is 0 Å². The number of alkyl carbamates (subject to hydrolysis) is 1. The van der Waals surface area contributed by atoms with Crippen LogP contribution in [0.4, 0.5) is 4.79 Å². The molecule has 0 radical (unpaired) electrons. The molecule has 3 rings (SSSR count). The van der Waals surface area contributed by atoms with E-state index in [1.54, 1.807) is 0 Å². The first-order chi connectivity index (χ1) is 16.3. The minimum atomic E-state index is -0.900. The zero-order valence-corrected chi connectivity index (χ0v) is 20.0. The Bertz CT molecular complexity index is 976. The Kier molecular flexibility index (Phi) is 8.68. The van der Waals surface area contributed by atoms with Crippen molar-refractivity contribution in [2.75, 3.05) is 6.61 Å². The summed E-state index contributed by atoms with van der Waals surface area (Å²) in [6.45, 7) is 5.91. The van der Waals surface area contributed by atoms with Gasteiger partial charge < -0.3 is 20.5 Å². The highest BCUT2D eigenvalue weighted by Crippen LogP contribution is 2.44. The van der Waals surface area contributed by atoms with Gasteiger partial charge in [0.25, 0.3) is 0 Å². The molecule has 0 saturated carbocycles. The molecule has 7 heteroatoms. The van der Waals surface area contributed by atoms with E-state index in [0.717, 1.165) is 22.3 Å². The summed E-state index contributed by atoms with van der Waals surface area (Å²) in [6, 6.07) is 15.2. The van der Waals surface area contributed by atoms with Crippen molar-refractivity contribution < 1.29 is 24.2 Å². The Morgan fingerprint density at radius 1 is 0.941 bits per heavy atom. The highest BCUT2D eigenvalue weighted by Gasteiger charge is 2.31. The average Bonchev–Trinajstić information content (AvgIpc) is 3.16. The Balaban J connectivity index is 1.64. The van der Waals surface area contributed by atoms with Crippen molar-refractivity contribution in [3.63, 3.8) is 0 Å². The molecule has 1 aliphatic rings. The second-order valence-electron chi connectivity index (χ2n) is 8.88. The first-order valence-electron chi connectivity index (χ1n) is 12.0. The molecule has 7 nitrogen and oxygen atoms in total.